The molecule has 0 aliphatic heterocycles. The van der Waals surface area contributed by atoms with E-state index in [1.807, 2.05) is 0 Å². The van der Waals surface area contributed by atoms with Crippen LogP contribution in [0.3, 0.4) is 0 Å². The standard InChI is InChI=1S/C12H13F2N5O3/c1-3-22-11(21)7-6-16-18(2)9(7)17-10(20)8-4-5-15-19(8)12(13)14/h4-6,12H,3H2,1-2H3,(H,17,20). The maximum Gasteiger partial charge on any atom is 0.343 e. The van der Waals surface area contributed by atoms with Crippen LogP contribution < -0.4 is 5.32 Å². The molecule has 0 spiro atoms. The number of nitrogens with zero attached hydrogens (tertiary/aromatic N) is 4. The van der Waals surface area contributed by atoms with Crippen molar-refractivity contribution in [1.82, 2.24) is 19.6 Å². The van der Waals surface area contributed by atoms with E-state index in [0.717, 1.165) is 12.3 Å². The van der Waals surface area contributed by atoms with E-state index in [0.29, 0.717) is 0 Å². The molecule has 8 nitrogen and oxygen atoms in total. The third kappa shape index (κ3) is 2.95. The zero-order chi connectivity index (χ0) is 16.3. The summed E-state index contributed by atoms with van der Waals surface area (Å²) in [5, 5.41) is 9.57. The van der Waals surface area contributed by atoms with E-state index >= 15 is 0 Å². The third-order valence-electron chi connectivity index (χ3n) is 2.75. The number of carbonyl (C=O) groups is 2. The summed E-state index contributed by atoms with van der Waals surface area (Å²) in [6.45, 7) is -1.17. The molecule has 2 rings (SSSR count). The zero-order valence-electron chi connectivity index (χ0n) is 11.8. The van der Waals surface area contributed by atoms with Crippen molar-refractivity contribution in [2.45, 2.75) is 13.5 Å². The van der Waals surface area contributed by atoms with E-state index < -0.39 is 18.4 Å². The fraction of sp³-hybridized carbons (Fsp3) is 0.333. The molecular weight excluding hydrogens is 300 g/mol. The number of anilines is 1. The zero-order valence-corrected chi connectivity index (χ0v) is 11.8. The fourth-order valence-electron chi connectivity index (χ4n) is 1.77. The van der Waals surface area contributed by atoms with Gasteiger partial charge in [0, 0.05) is 13.2 Å². The van der Waals surface area contributed by atoms with E-state index in [9.17, 15) is 18.4 Å². The lowest BCUT2D eigenvalue weighted by molar-refractivity contribution is 0.0515. The van der Waals surface area contributed by atoms with Crippen LogP contribution in [0.5, 0.6) is 0 Å². The van der Waals surface area contributed by atoms with E-state index in [1.54, 1.807) is 6.92 Å². The van der Waals surface area contributed by atoms with E-state index in [-0.39, 0.29) is 28.4 Å². The molecule has 0 saturated carbocycles. The average Bonchev–Trinajstić information content (AvgIpc) is 3.07. The molecule has 0 aliphatic carbocycles. The van der Waals surface area contributed by atoms with Crippen LogP contribution in [0.4, 0.5) is 14.6 Å². The van der Waals surface area contributed by atoms with Gasteiger partial charge in [-0.15, -0.1) is 0 Å². The van der Waals surface area contributed by atoms with Crippen molar-refractivity contribution in [2.75, 3.05) is 11.9 Å². The number of ether oxygens (including phenoxy) is 1. The Balaban J connectivity index is 2.27. The minimum atomic E-state index is -2.95. The number of halogens is 2. The van der Waals surface area contributed by atoms with Crippen molar-refractivity contribution in [3.05, 3.63) is 29.7 Å². The highest BCUT2D eigenvalue weighted by molar-refractivity contribution is 6.06. The minimum Gasteiger partial charge on any atom is -0.462 e. The Morgan fingerprint density at radius 3 is 2.77 bits per heavy atom. The van der Waals surface area contributed by atoms with Crippen LogP contribution in [0.25, 0.3) is 0 Å². The van der Waals surface area contributed by atoms with Crippen LogP contribution >= 0.6 is 0 Å². The average molecular weight is 313 g/mol. The Bertz CT molecular complexity index is 695. The quantitative estimate of drug-likeness (QED) is 0.843. The first kappa shape index (κ1) is 15.6. The van der Waals surface area contributed by atoms with Crippen molar-refractivity contribution in [3.63, 3.8) is 0 Å². The predicted molar refractivity (Wildman–Crippen MR) is 70.6 cm³/mol. The molecule has 0 unspecified atom stereocenters. The number of nitrogens with one attached hydrogen (secondary N) is 1. The SMILES string of the molecule is CCOC(=O)c1cnn(C)c1NC(=O)c1ccnn1C(F)F. The summed E-state index contributed by atoms with van der Waals surface area (Å²) in [5.74, 6) is -1.47. The van der Waals surface area contributed by atoms with Gasteiger partial charge in [-0.1, -0.05) is 0 Å². The number of carbonyl (C=O) groups excluding carboxylic acids is 2. The molecule has 0 fully saturated rings. The third-order valence-corrected chi connectivity index (χ3v) is 2.75. The first-order valence-corrected chi connectivity index (χ1v) is 6.27. The van der Waals surface area contributed by atoms with Gasteiger partial charge in [-0.25, -0.2) is 4.79 Å². The van der Waals surface area contributed by atoms with Gasteiger partial charge < -0.3 is 10.1 Å². The molecule has 1 N–H and O–H groups in total. The summed E-state index contributed by atoms with van der Waals surface area (Å²) in [4.78, 5) is 23.8. The molecule has 2 heterocycles. The van der Waals surface area contributed by atoms with Crippen molar-refractivity contribution < 1.29 is 23.1 Å². The van der Waals surface area contributed by atoms with Gasteiger partial charge in [0.2, 0.25) is 0 Å². The lowest BCUT2D eigenvalue weighted by atomic mass is 10.3. The number of esters is 1. The Morgan fingerprint density at radius 2 is 2.14 bits per heavy atom. The molecule has 0 saturated heterocycles. The molecule has 10 heteroatoms. The summed E-state index contributed by atoms with van der Waals surface area (Å²) in [6, 6.07) is 1.14. The highest BCUT2D eigenvalue weighted by Gasteiger charge is 2.23. The number of amides is 1. The topological polar surface area (TPSA) is 91.0 Å². The summed E-state index contributed by atoms with van der Waals surface area (Å²) < 4.78 is 31.8. The molecule has 0 bridgehead atoms. The van der Waals surface area contributed by atoms with Crippen molar-refractivity contribution in [2.24, 2.45) is 7.05 Å². The van der Waals surface area contributed by atoms with Crippen LogP contribution in [0, 0.1) is 0 Å². The molecule has 1 amide bonds. The monoisotopic (exact) mass is 313 g/mol. The lowest BCUT2D eigenvalue weighted by Crippen LogP contribution is -2.21. The van der Waals surface area contributed by atoms with E-state index in [1.165, 1.54) is 17.9 Å². The molecule has 118 valence electrons. The van der Waals surface area contributed by atoms with Crippen LogP contribution in [-0.2, 0) is 11.8 Å². The molecule has 0 aromatic carbocycles. The smallest absolute Gasteiger partial charge is 0.343 e. The molecule has 2 aromatic rings. The van der Waals surface area contributed by atoms with Gasteiger partial charge in [0.1, 0.15) is 17.1 Å². The number of hydrogen-bond donors (Lipinski definition) is 1. The number of aromatic nitrogens is 4. The van der Waals surface area contributed by atoms with Crippen LogP contribution in [0.15, 0.2) is 18.5 Å². The summed E-state index contributed by atoms with van der Waals surface area (Å²) in [5.41, 5.74) is -0.313. The van der Waals surface area contributed by atoms with Crippen LogP contribution in [0.2, 0.25) is 0 Å². The highest BCUT2D eigenvalue weighted by atomic mass is 19.3. The van der Waals surface area contributed by atoms with E-state index in [4.69, 9.17) is 4.74 Å². The lowest BCUT2D eigenvalue weighted by Gasteiger charge is -2.09. The summed E-state index contributed by atoms with van der Waals surface area (Å²) in [6.07, 6.45) is 2.30. The fourth-order valence-corrected chi connectivity index (χ4v) is 1.77. The largest absolute Gasteiger partial charge is 0.462 e. The Kier molecular flexibility index (Phi) is 4.49. The van der Waals surface area contributed by atoms with Crippen molar-refractivity contribution in [1.29, 1.82) is 0 Å². The number of alkyl halides is 2. The second-order valence-corrected chi connectivity index (χ2v) is 4.14. The van der Waals surface area contributed by atoms with Gasteiger partial charge in [0.15, 0.2) is 0 Å². The first-order chi connectivity index (χ1) is 10.5. The molecule has 22 heavy (non-hydrogen) atoms. The van der Waals surface area contributed by atoms with Gasteiger partial charge in [0.25, 0.3) is 5.91 Å². The van der Waals surface area contributed by atoms with Crippen molar-refractivity contribution in [3.8, 4) is 0 Å². The summed E-state index contributed by atoms with van der Waals surface area (Å²) >= 11 is 0. The Hall–Kier alpha value is -2.78. The van der Waals surface area contributed by atoms with Crippen LogP contribution in [0.1, 0.15) is 34.3 Å². The Morgan fingerprint density at radius 1 is 1.41 bits per heavy atom. The highest BCUT2D eigenvalue weighted by Crippen LogP contribution is 2.18. The number of hydrogen-bond acceptors (Lipinski definition) is 5. The predicted octanol–water partition coefficient (Wildman–Crippen LogP) is 1.44. The summed E-state index contributed by atoms with van der Waals surface area (Å²) in [7, 11) is 1.49. The Labute approximate surface area is 123 Å². The van der Waals surface area contributed by atoms with Gasteiger partial charge in [0.05, 0.1) is 12.8 Å². The van der Waals surface area contributed by atoms with Crippen molar-refractivity contribution >= 4 is 17.7 Å². The number of aryl methyl sites for hydroxylation is 1. The normalized spacial score (nSPS) is 10.8. The maximum absolute atomic E-state index is 12.7. The molecular formula is C12H13F2N5O3. The van der Waals surface area contributed by atoms with Gasteiger partial charge >= 0.3 is 12.5 Å². The molecule has 2 aromatic heterocycles. The number of rotatable bonds is 5. The van der Waals surface area contributed by atoms with Gasteiger partial charge in [-0.2, -0.15) is 23.7 Å². The van der Waals surface area contributed by atoms with Crippen LogP contribution in [-0.4, -0.2) is 38.0 Å². The van der Waals surface area contributed by atoms with E-state index in [2.05, 4.69) is 15.5 Å². The van der Waals surface area contributed by atoms with Gasteiger partial charge in [-0.05, 0) is 13.0 Å². The maximum atomic E-state index is 12.7. The minimum absolute atomic E-state index is 0.0285. The first-order valence-electron chi connectivity index (χ1n) is 6.27. The molecule has 0 atom stereocenters. The molecule has 0 radical (unpaired) electrons. The molecule has 0 aliphatic rings. The second-order valence-electron chi connectivity index (χ2n) is 4.14. The second kappa shape index (κ2) is 6.33. The van der Waals surface area contributed by atoms with Gasteiger partial charge in [-0.3, -0.25) is 9.48 Å².